The third-order valence-corrected chi connectivity index (χ3v) is 8.44. The van der Waals surface area contributed by atoms with Gasteiger partial charge in [-0.3, -0.25) is 13.9 Å². The Balaban J connectivity index is 2.07. The summed E-state index contributed by atoms with van der Waals surface area (Å²) in [6, 6.07) is 18.8. The van der Waals surface area contributed by atoms with Crippen LogP contribution in [0, 0.1) is 6.92 Å². The second-order valence-corrected chi connectivity index (χ2v) is 12.2. The summed E-state index contributed by atoms with van der Waals surface area (Å²) in [4.78, 5) is 28.6. The molecule has 2 amide bonds. The lowest BCUT2D eigenvalue weighted by Crippen LogP contribution is -2.53. The lowest BCUT2D eigenvalue weighted by molar-refractivity contribution is -0.140. The van der Waals surface area contributed by atoms with E-state index in [-0.39, 0.29) is 34.1 Å². The Labute approximate surface area is 240 Å². The summed E-state index contributed by atoms with van der Waals surface area (Å²) in [5.74, 6) is -0.869. The second-order valence-electron chi connectivity index (χ2n) is 9.51. The number of anilines is 1. The van der Waals surface area contributed by atoms with Crippen LogP contribution in [-0.2, 0) is 26.2 Å². The summed E-state index contributed by atoms with van der Waals surface area (Å²) in [7, 11) is -4.19. The number of rotatable bonds is 11. The van der Waals surface area contributed by atoms with E-state index < -0.39 is 28.5 Å². The molecule has 7 nitrogen and oxygen atoms in total. The molecule has 3 aromatic carbocycles. The van der Waals surface area contributed by atoms with E-state index in [2.05, 4.69) is 5.32 Å². The highest BCUT2D eigenvalue weighted by Gasteiger charge is 2.34. The van der Waals surface area contributed by atoms with E-state index >= 15 is 0 Å². The van der Waals surface area contributed by atoms with Gasteiger partial charge in [0.1, 0.15) is 12.6 Å². The fraction of sp³-hybridized carbons (Fsp3) is 0.310. The van der Waals surface area contributed by atoms with Crippen molar-refractivity contribution in [3.05, 3.63) is 94.0 Å². The molecule has 0 aliphatic heterocycles. The molecule has 0 heterocycles. The van der Waals surface area contributed by atoms with Crippen LogP contribution in [0.4, 0.5) is 5.69 Å². The lowest BCUT2D eigenvalue weighted by atomic mass is 10.1. The highest BCUT2D eigenvalue weighted by molar-refractivity contribution is 7.92. The maximum atomic E-state index is 14.0. The molecule has 0 spiro atoms. The summed E-state index contributed by atoms with van der Waals surface area (Å²) >= 11 is 12.5. The molecule has 0 aliphatic rings. The molecule has 0 aromatic heterocycles. The van der Waals surface area contributed by atoms with Gasteiger partial charge in [0.2, 0.25) is 11.8 Å². The maximum absolute atomic E-state index is 14.0. The number of benzene rings is 3. The Bertz CT molecular complexity index is 1390. The van der Waals surface area contributed by atoms with Crippen LogP contribution >= 0.6 is 23.2 Å². The van der Waals surface area contributed by atoms with Crippen molar-refractivity contribution >= 4 is 50.7 Å². The summed E-state index contributed by atoms with van der Waals surface area (Å²) in [5, 5.41) is 3.59. The fourth-order valence-electron chi connectivity index (χ4n) is 4.09. The first-order valence-electron chi connectivity index (χ1n) is 12.6. The Morgan fingerprint density at radius 2 is 1.54 bits per heavy atom. The van der Waals surface area contributed by atoms with Crippen LogP contribution in [0.3, 0.4) is 0 Å². The quantitative estimate of drug-likeness (QED) is 0.305. The largest absolute Gasteiger partial charge is 0.352 e. The molecule has 0 saturated heterocycles. The van der Waals surface area contributed by atoms with Gasteiger partial charge in [-0.25, -0.2) is 8.42 Å². The first-order valence-corrected chi connectivity index (χ1v) is 14.8. The number of carbonyl (C=O) groups excluding carboxylic acids is 2. The van der Waals surface area contributed by atoms with Gasteiger partial charge < -0.3 is 10.2 Å². The molecule has 3 aromatic rings. The van der Waals surface area contributed by atoms with Crippen molar-refractivity contribution in [2.75, 3.05) is 10.8 Å². The molecule has 3 rings (SSSR count). The van der Waals surface area contributed by atoms with Gasteiger partial charge in [0.05, 0.1) is 15.6 Å². The number of amides is 2. The van der Waals surface area contributed by atoms with E-state index in [1.807, 2.05) is 27.7 Å². The van der Waals surface area contributed by atoms with Crippen molar-refractivity contribution < 1.29 is 18.0 Å². The van der Waals surface area contributed by atoms with E-state index in [0.29, 0.717) is 11.4 Å². The number of sulfonamides is 1. The average molecular weight is 591 g/mol. The van der Waals surface area contributed by atoms with E-state index in [9.17, 15) is 18.0 Å². The number of aryl methyl sites for hydroxylation is 1. The standard InChI is InChI=1S/C29H33Cl2N3O4S/c1-5-26(29(36)32-20(2)3)33(18-22-12-14-23(30)15-13-22)28(35)19-34(27-9-7-6-8-25(27)31)39(37,38)24-16-10-21(4)11-17-24/h6-17,20,26H,5,18-19H2,1-4H3,(H,32,36)/t26-/m1/s1. The topological polar surface area (TPSA) is 86.8 Å². The Hall–Kier alpha value is -3.07. The van der Waals surface area contributed by atoms with Crippen LogP contribution in [0.15, 0.2) is 77.7 Å². The fourth-order valence-corrected chi connectivity index (χ4v) is 5.94. The minimum absolute atomic E-state index is 0.0228. The SMILES string of the molecule is CC[C@H](C(=O)NC(C)C)N(Cc1ccc(Cl)cc1)C(=O)CN(c1ccccc1Cl)S(=O)(=O)c1ccc(C)cc1. The molecule has 0 fully saturated rings. The molecule has 0 bridgehead atoms. The predicted octanol–water partition coefficient (Wildman–Crippen LogP) is 5.83. The molecule has 39 heavy (non-hydrogen) atoms. The Kier molecular flexibility index (Phi) is 10.4. The molecule has 1 atom stereocenters. The van der Waals surface area contributed by atoms with Gasteiger partial charge in [0.25, 0.3) is 10.0 Å². The molecular weight excluding hydrogens is 557 g/mol. The van der Waals surface area contributed by atoms with Crippen LogP contribution in [0.2, 0.25) is 10.0 Å². The van der Waals surface area contributed by atoms with E-state index in [1.54, 1.807) is 60.7 Å². The van der Waals surface area contributed by atoms with Crippen molar-refractivity contribution in [2.24, 2.45) is 0 Å². The van der Waals surface area contributed by atoms with Crippen molar-refractivity contribution in [2.45, 2.75) is 57.6 Å². The number of hydrogen-bond donors (Lipinski definition) is 1. The first kappa shape index (κ1) is 30.5. The molecule has 10 heteroatoms. The zero-order valence-electron chi connectivity index (χ0n) is 22.4. The number of nitrogens with zero attached hydrogens (tertiary/aromatic N) is 2. The van der Waals surface area contributed by atoms with Gasteiger partial charge in [0, 0.05) is 17.6 Å². The van der Waals surface area contributed by atoms with Gasteiger partial charge in [-0.15, -0.1) is 0 Å². The number of hydrogen-bond acceptors (Lipinski definition) is 4. The highest BCUT2D eigenvalue weighted by Crippen LogP contribution is 2.31. The van der Waals surface area contributed by atoms with E-state index in [4.69, 9.17) is 23.2 Å². The minimum Gasteiger partial charge on any atom is -0.352 e. The summed E-state index contributed by atoms with van der Waals surface area (Å²) in [5.41, 5.74) is 1.80. The van der Waals surface area contributed by atoms with Gasteiger partial charge in [0.15, 0.2) is 0 Å². The summed E-state index contributed by atoms with van der Waals surface area (Å²) in [6.07, 6.45) is 0.328. The lowest BCUT2D eigenvalue weighted by Gasteiger charge is -2.33. The smallest absolute Gasteiger partial charge is 0.264 e. The summed E-state index contributed by atoms with van der Waals surface area (Å²) < 4.78 is 28.7. The third kappa shape index (κ3) is 7.75. The van der Waals surface area contributed by atoms with Gasteiger partial charge in [-0.2, -0.15) is 0 Å². The van der Waals surface area contributed by atoms with Crippen molar-refractivity contribution in [1.29, 1.82) is 0 Å². The normalized spacial score (nSPS) is 12.2. The predicted molar refractivity (Wildman–Crippen MR) is 157 cm³/mol. The van der Waals surface area contributed by atoms with E-state index in [0.717, 1.165) is 15.4 Å². The number of halogens is 2. The molecular formula is C29H33Cl2N3O4S. The van der Waals surface area contributed by atoms with Gasteiger partial charge >= 0.3 is 0 Å². The van der Waals surface area contributed by atoms with Gasteiger partial charge in [-0.05, 0) is 69.2 Å². The van der Waals surface area contributed by atoms with Crippen molar-refractivity contribution in [3.63, 3.8) is 0 Å². The van der Waals surface area contributed by atoms with Crippen molar-refractivity contribution in [1.82, 2.24) is 10.2 Å². The molecule has 0 aliphatic carbocycles. The van der Waals surface area contributed by atoms with E-state index in [1.165, 1.54) is 17.0 Å². The molecule has 0 radical (unpaired) electrons. The molecule has 0 unspecified atom stereocenters. The minimum atomic E-state index is -4.19. The summed E-state index contributed by atoms with van der Waals surface area (Å²) in [6.45, 7) is 6.86. The second kappa shape index (κ2) is 13.3. The maximum Gasteiger partial charge on any atom is 0.264 e. The third-order valence-electron chi connectivity index (χ3n) is 6.09. The Morgan fingerprint density at radius 1 is 0.923 bits per heavy atom. The molecule has 1 N–H and O–H groups in total. The number of nitrogens with one attached hydrogen (secondary N) is 1. The van der Waals surface area contributed by atoms with Crippen LogP contribution < -0.4 is 9.62 Å². The zero-order chi connectivity index (χ0) is 28.7. The number of carbonyl (C=O) groups is 2. The van der Waals surface area contributed by atoms with Crippen LogP contribution in [0.25, 0.3) is 0 Å². The zero-order valence-corrected chi connectivity index (χ0v) is 24.7. The highest BCUT2D eigenvalue weighted by atomic mass is 35.5. The molecule has 0 saturated carbocycles. The van der Waals surface area contributed by atoms with Crippen molar-refractivity contribution in [3.8, 4) is 0 Å². The first-order chi connectivity index (χ1) is 18.4. The van der Waals surface area contributed by atoms with Gasteiger partial charge in [-0.1, -0.05) is 72.1 Å². The Morgan fingerprint density at radius 3 is 2.10 bits per heavy atom. The van der Waals surface area contributed by atoms with Crippen LogP contribution in [-0.4, -0.2) is 43.8 Å². The average Bonchev–Trinajstić information content (AvgIpc) is 2.88. The van der Waals surface area contributed by atoms with Crippen LogP contribution in [0.1, 0.15) is 38.3 Å². The van der Waals surface area contributed by atoms with Crippen LogP contribution in [0.5, 0.6) is 0 Å². The number of para-hydroxylation sites is 1. The monoisotopic (exact) mass is 589 g/mol. The molecule has 208 valence electrons.